The van der Waals surface area contributed by atoms with Crippen LogP contribution in [0.15, 0.2) is 42.5 Å². The van der Waals surface area contributed by atoms with Crippen molar-refractivity contribution in [3.8, 4) is 11.5 Å². The summed E-state index contributed by atoms with van der Waals surface area (Å²) in [6, 6.07) is 11.3. The van der Waals surface area contributed by atoms with Gasteiger partial charge in [-0.2, -0.15) is 0 Å². The Kier molecular flexibility index (Phi) is 6.37. The molecule has 142 valence electrons. The summed E-state index contributed by atoms with van der Waals surface area (Å²) in [5.41, 5.74) is 2.49. The molecule has 0 spiro atoms. The van der Waals surface area contributed by atoms with Crippen molar-refractivity contribution in [3.63, 3.8) is 0 Å². The van der Waals surface area contributed by atoms with E-state index in [1.54, 1.807) is 18.2 Å². The predicted molar refractivity (Wildman–Crippen MR) is 107 cm³/mol. The predicted octanol–water partition coefficient (Wildman–Crippen LogP) is 4.09. The summed E-state index contributed by atoms with van der Waals surface area (Å²) < 4.78 is 15.8. The van der Waals surface area contributed by atoms with E-state index in [1.807, 2.05) is 12.1 Å². The van der Waals surface area contributed by atoms with Crippen LogP contribution in [0.4, 0.5) is 5.69 Å². The fourth-order valence-corrected chi connectivity index (χ4v) is 3.17. The molecule has 2 aromatic carbocycles. The summed E-state index contributed by atoms with van der Waals surface area (Å²) in [6.07, 6.45) is 3.30. The quantitative estimate of drug-likeness (QED) is 0.552. The summed E-state index contributed by atoms with van der Waals surface area (Å²) in [5, 5.41) is 0.366. The minimum atomic E-state index is -0.186. The van der Waals surface area contributed by atoms with E-state index in [4.69, 9.17) is 25.8 Å². The third kappa shape index (κ3) is 4.62. The van der Waals surface area contributed by atoms with Crippen LogP contribution in [0.5, 0.6) is 11.5 Å². The number of hydrogen-bond acceptors (Lipinski definition) is 5. The molecule has 1 saturated heterocycles. The zero-order valence-electron chi connectivity index (χ0n) is 15.4. The SMILES string of the molecule is COc1cc(OC)c(C(=O)/C=C/c2ccc(N3CCOCC3)cc2)cc1Cl. The van der Waals surface area contributed by atoms with Crippen LogP contribution < -0.4 is 14.4 Å². The Hall–Kier alpha value is -2.50. The first-order valence-electron chi connectivity index (χ1n) is 8.69. The zero-order valence-corrected chi connectivity index (χ0v) is 16.2. The van der Waals surface area contributed by atoms with Crippen molar-refractivity contribution < 1.29 is 19.0 Å². The van der Waals surface area contributed by atoms with E-state index in [9.17, 15) is 4.79 Å². The molecule has 3 rings (SSSR count). The van der Waals surface area contributed by atoms with Crippen molar-refractivity contribution in [2.45, 2.75) is 0 Å². The molecule has 27 heavy (non-hydrogen) atoms. The van der Waals surface area contributed by atoms with Crippen molar-refractivity contribution in [1.82, 2.24) is 0 Å². The third-order valence-corrected chi connectivity index (χ3v) is 4.73. The highest BCUT2D eigenvalue weighted by molar-refractivity contribution is 6.32. The first-order chi connectivity index (χ1) is 13.1. The number of carbonyl (C=O) groups is 1. The number of carbonyl (C=O) groups excluding carboxylic acids is 1. The van der Waals surface area contributed by atoms with Gasteiger partial charge in [0.25, 0.3) is 0 Å². The number of allylic oxidation sites excluding steroid dienone is 1. The Bertz CT molecular complexity index is 827. The van der Waals surface area contributed by atoms with Gasteiger partial charge in [-0.15, -0.1) is 0 Å². The minimum absolute atomic E-state index is 0.186. The Balaban J connectivity index is 1.74. The monoisotopic (exact) mass is 387 g/mol. The Morgan fingerprint density at radius 2 is 1.74 bits per heavy atom. The van der Waals surface area contributed by atoms with Crippen LogP contribution in [-0.2, 0) is 4.74 Å². The highest BCUT2D eigenvalue weighted by Crippen LogP contribution is 2.33. The fraction of sp³-hybridized carbons (Fsp3) is 0.286. The van der Waals surface area contributed by atoms with Crippen LogP contribution in [0.2, 0.25) is 5.02 Å². The number of benzene rings is 2. The van der Waals surface area contributed by atoms with Gasteiger partial charge in [-0.1, -0.05) is 29.8 Å². The lowest BCUT2D eigenvalue weighted by Gasteiger charge is -2.28. The molecule has 1 fully saturated rings. The van der Waals surface area contributed by atoms with Gasteiger partial charge in [0.15, 0.2) is 5.78 Å². The number of ether oxygens (including phenoxy) is 3. The molecule has 0 radical (unpaired) electrons. The Labute approximate surface area is 164 Å². The fourth-order valence-electron chi connectivity index (χ4n) is 2.93. The summed E-state index contributed by atoms with van der Waals surface area (Å²) >= 11 is 6.14. The van der Waals surface area contributed by atoms with Gasteiger partial charge in [-0.3, -0.25) is 4.79 Å². The van der Waals surface area contributed by atoms with E-state index in [1.165, 1.54) is 20.3 Å². The highest BCUT2D eigenvalue weighted by atomic mass is 35.5. The molecule has 5 nitrogen and oxygen atoms in total. The molecule has 0 aliphatic carbocycles. The maximum Gasteiger partial charge on any atom is 0.189 e. The lowest BCUT2D eigenvalue weighted by Crippen LogP contribution is -2.36. The summed E-state index contributed by atoms with van der Waals surface area (Å²) in [5.74, 6) is 0.704. The number of nitrogens with zero attached hydrogens (tertiary/aromatic N) is 1. The van der Waals surface area contributed by atoms with Crippen molar-refractivity contribution in [2.24, 2.45) is 0 Å². The van der Waals surface area contributed by atoms with E-state index in [-0.39, 0.29) is 5.78 Å². The third-order valence-electron chi connectivity index (χ3n) is 4.44. The van der Waals surface area contributed by atoms with Crippen molar-refractivity contribution in [3.05, 3.63) is 58.6 Å². The van der Waals surface area contributed by atoms with Gasteiger partial charge in [0.2, 0.25) is 0 Å². The number of rotatable bonds is 6. The molecule has 6 heteroatoms. The normalized spacial score (nSPS) is 14.4. The molecule has 0 amide bonds. The average molecular weight is 388 g/mol. The van der Waals surface area contributed by atoms with Crippen molar-refractivity contribution in [1.29, 1.82) is 0 Å². The standard InChI is InChI=1S/C21H22ClNO4/c1-25-20-14-21(26-2)18(22)13-17(20)19(24)8-5-15-3-6-16(7-4-15)23-9-11-27-12-10-23/h3-8,13-14H,9-12H2,1-2H3/b8-5+. The van der Waals surface area contributed by atoms with Gasteiger partial charge in [0, 0.05) is 24.8 Å². The maximum atomic E-state index is 12.6. The topological polar surface area (TPSA) is 48.0 Å². The summed E-state index contributed by atoms with van der Waals surface area (Å²) in [7, 11) is 3.02. The van der Waals surface area contributed by atoms with Crippen molar-refractivity contribution >= 4 is 29.1 Å². The number of hydrogen-bond donors (Lipinski definition) is 0. The van der Waals surface area contributed by atoms with Crippen molar-refractivity contribution in [2.75, 3.05) is 45.4 Å². The number of morpholine rings is 1. The van der Waals surface area contributed by atoms with Crippen LogP contribution in [0.25, 0.3) is 6.08 Å². The first-order valence-corrected chi connectivity index (χ1v) is 9.07. The lowest BCUT2D eigenvalue weighted by molar-refractivity contribution is 0.104. The summed E-state index contributed by atoms with van der Waals surface area (Å²) in [6.45, 7) is 3.29. The molecule has 0 atom stereocenters. The molecule has 0 aromatic heterocycles. The van der Waals surface area contributed by atoms with E-state index in [2.05, 4.69) is 17.0 Å². The number of halogens is 1. The lowest BCUT2D eigenvalue weighted by atomic mass is 10.1. The molecule has 1 heterocycles. The van der Waals surface area contributed by atoms with Crippen LogP contribution >= 0.6 is 11.6 Å². The van der Waals surface area contributed by atoms with Gasteiger partial charge in [-0.25, -0.2) is 0 Å². The minimum Gasteiger partial charge on any atom is -0.496 e. The molecule has 0 saturated carbocycles. The van der Waals surface area contributed by atoms with Crippen LogP contribution in [0.1, 0.15) is 15.9 Å². The molecular weight excluding hydrogens is 366 g/mol. The number of anilines is 1. The maximum absolute atomic E-state index is 12.6. The van der Waals surface area contributed by atoms with Crippen LogP contribution in [0, 0.1) is 0 Å². The first kappa shape index (κ1) is 19.3. The van der Waals surface area contributed by atoms with Crippen LogP contribution in [-0.4, -0.2) is 46.3 Å². The second kappa shape index (κ2) is 8.93. The van der Waals surface area contributed by atoms with Gasteiger partial charge in [0.1, 0.15) is 11.5 Å². The molecule has 0 unspecified atom stereocenters. The number of ketones is 1. The second-order valence-electron chi connectivity index (χ2n) is 6.08. The average Bonchev–Trinajstić information content (AvgIpc) is 2.72. The van der Waals surface area contributed by atoms with Gasteiger partial charge in [0.05, 0.1) is 38.0 Å². The Morgan fingerprint density at radius 1 is 1.07 bits per heavy atom. The summed E-state index contributed by atoms with van der Waals surface area (Å²) in [4.78, 5) is 14.9. The Morgan fingerprint density at radius 3 is 2.37 bits per heavy atom. The van der Waals surface area contributed by atoms with Crippen LogP contribution in [0.3, 0.4) is 0 Å². The highest BCUT2D eigenvalue weighted by Gasteiger charge is 2.15. The van der Waals surface area contributed by atoms with Gasteiger partial charge >= 0.3 is 0 Å². The smallest absolute Gasteiger partial charge is 0.189 e. The zero-order chi connectivity index (χ0) is 19.2. The molecule has 1 aliphatic rings. The van der Waals surface area contributed by atoms with Gasteiger partial charge < -0.3 is 19.1 Å². The molecular formula is C21H22ClNO4. The van der Waals surface area contributed by atoms with E-state index >= 15 is 0 Å². The van der Waals surface area contributed by atoms with Gasteiger partial charge in [-0.05, 0) is 29.8 Å². The molecule has 1 aliphatic heterocycles. The van der Waals surface area contributed by atoms with E-state index in [0.29, 0.717) is 22.1 Å². The number of methoxy groups -OCH3 is 2. The molecule has 2 aromatic rings. The van der Waals surface area contributed by atoms with E-state index in [0.717, 1.165) is 37.6 Å². The molecule has 0 N–H and O–H groups in total. The van der Waals surface area contributed by atoms with E-state index < -0.39 is 0 Å². The largest absolute Gasteiger partial charge is 0.496 e. The molecule has 0 bridgehead atoms. The second-order valence-corrected chi connectivity index (χ2v) is 6.48.